The summed E-state index contributed by atoms with van der Waals surface area (Å²) >= 11 is 0. The van der Waals surface area contributed by atoms with Crippen LogP contribution in [-0.4, -0.2) is 135 Å². The Balaban J connectivity index is 1.70. The smallest absolute Gasteiger partial charge is 0.408 e. The molecule has 0 bridgehead atoms. The van der Waals surface area contributed by atoms with E-state index in [2.05, 4.69) is 52.2 Å². The summed E-state index contributed by atoms with van der Waals surface area (Å²) in [6.45, 7) is 25.9. The van der Waals surface area contributed by atoms with E-state index in [-0.39, 0.29) is 87.1 Å². The predicted molar refractivity (Wildman–Crippen MR) is 323 cm³/mol. The number of nitrogens with zero attached hydrogens (tertiary/aromatic N) is 1. The minimum atomic E-state index is -4.23. The first kappa shape index (κ1) is 70.3. The highest BCUT2D eigenvalue weighted by molar-refractivity contribution is 7.90. The van der Waals surface area contributed by atoms with Gasteiger partial charge in [-0.3, -0.25) is 33.8 Å². The van der Waals surface area contributed by atoms with Crippen molar-refractivity contribution in [2.24, 2.45) is 22.6 Å². The molecule has 0 spiro atoms. The Labute approximate surface area is 502 Å². The highest BCUT2D eigenvalue weighted by atomic mass is 32.2. The number of fused-ring (bicyclic) bond motifs is 1. The van der Waals surface area contributed by atoms with Crippen molar-refractivity contribution in [1.82, 2.24) is 47.3 Å². The first-order chi connectivity index (χ1) is 39.4. The maximum absolute atomic E-state index is 14.6. The van der Waals surface area contributed by atoms with E-state index in [1.165, 1.54) is 0 Å². The number of sulfonamides is 1. The number of amides is 8. The molecule has 2 aromatic carbocycles. The third kappa shape index (κ3) is 23.0. The Bertz CT molecular complexity index is 2850. The summed E-state index contributed by atoms with van der Waals surface area (Å²) in [5.74, 6) is -4.51. The van der Waals surface area contributed by atoms with Crippen molar-refractivity contribution in [3.8, 4) is 5.75 Å². The molecule has 25 heteroatoms. The fourth-order valence-electron chi connectivity index (χ4n) is 9.80. The lowest BCUT2D eigenvalue weighted by Gasteiger charge is -2.35. The largest absolute Gasteiger partial charge is 0.487 e. The summed E-state index contributed by atoms with van der Waals surface area (Å²) in [5.41, 5.74) is 7.07. The monoisotopic (exact) mass is 1210 g/mol. The number of rotatable bonds is 14. The number of hydrogen-bond donors (Lipinski definition) is 10. The number of carbonyl (C=O) groups is 8. The van der Waals surface area contributed by atoms with E-state index in [0.717, 1.165) is 5.56 Å². The van der Waals surface area contributed by atoms with Gasteiger partial charge < -0.3 is 62.5 Å². The van der Waals surface area contributed by atoms with Crippen LogP contribution in [0.5, 0.6) is 5.75 Å². The average molecular weight is 1210 g/mol. The summed E-state index contributed by atoms with van der Waals surface area (Å²) < 4.78 is 47.6. The first-order valence-electron chi connectivity index (χ1n) is 29.4. The third-order valence-corrected chi connectivity index (χ3v) is 15.7. The van der Waals surface area contributed by atoms with E-state index in [4.69, 9.17) is 19.9 Å². The van der Waals surface area contributed by atoms with Crippen molar-refractivity contribution in [3.05, 3.63) is 58.1 Å². The van der Waals surface area contributed by atoms with Crippen LogP contribution in [0.15, 0.2) is 40.2 Å². The van der Waals surface area contributed by atoms with Crippen LogP contribution in [0, 0.1) is 32.6 Å². The molecule has 2 heterocycles. The van der Waals surface area contributed by atoms with Gasteiger partial charge in [-0.1, -0.05) is 58.0 Å². The summed E-state index contributed by atoms with van der Waals surface area (Å²) in [4.78, 5) is 117. The van der Waals surface area contributed by atoms with Crippen LogP contribution in [0.4, 0.5) is 9.59 Å². The SMILES string of the molecule is Cc1c(C)c(S(=O)(=O)NC(N)=NCCC[C@@H]2NC(=O)[C@H](CC(C)C)NC(=O)[C@H](CC(C)C)NC(=O)[C@H](Cc3ccccc3)NC(=O)[C@@H](NC(=O)OC(C)(C)C)CNC(=O)[C@@H](NC(=O)OC(C)(C)C)CCCCNC2=O)c(C)c2c1OC(C)(C)CC2. The molecule has 24 nitrogen and oxygen atoms in total. The summed E-state index contributed by atoms with van der Waals surface area (Å²) in [7, 11) is -4.23. The fourth-order valence-corrected chi connectivity index (χ4v) is 11.3. The van der Waals surface area contributed by atoms with Gasteiger partial charge >= 0.3 is 12.2 Å². The van der Waals surface area contributed by atoms with E-state index in [1.54, 1.807) is 85.7 Å². The molecule has 1 fully saturated rings. The highest BCUT2D eigenvalue weighted by Gasteiger charge is 2.37. The molecule has 0 aliphatic carbocycles. The van der Waals surface area contributed by atoms with Gasteiger partial charge in [-0.2, -0.15) is 0 Å². The molecule has 2 aromatic rings. The Kier molecular flexibility index (Phi) is 25.4. The molecule has 2 aliphatic rings. The molecule has 4 rings (SSSR count). The molecule has 0 aromatic heterocycles. The Hall–Kier alpha value is -7.18. The molecule has 0 saturated carbocycles. The first-order valence-corrected chi connectivity index (χ1v) is 30.9. The molecule has 85 heavy (non-hydrogen) atoms. The van der Waals surface area contributed by atoms with Crippen molar-refractivity contribution in [1.29, 1.82) is 0 Å². The van der Waals surface area contributed by atoms with Crippen molar-refractivity contribution < 1.29 is 61.0 Å². The summed E-state index contributed by atoms with van der Waals surface area (Å²) in [6.07, 6.45) is 0.135. The van der Waals surface area contributed by atoms with Crippen LogP contribution >= 0.6 is 0 Å². The van der Waals surface area contributed by atoms with Gasteiger partial charge in [0.05, 0.1) is 4.90 Å². The lowest BCUT2D eigenvalue weighted by molar-refractivity contribution is -0.135. The average Bonchev–Trinajstić information content (AvgIpc) is 0.944. The second-order valence-corrected chi connectivity index (χ2v) is 27.1. The molecular weight excluding hydrogens is 1110 g/mol. The summed E-state index contributed by atoms with van der Waals surface area (Å²) in [6, 6.07) is 0.886. The molecule has 1 saturated heterocycles. The second kappa shape index (κ2) is 30.8. The number of nitrogens with one attached hydrogen (secondary N) is 9. The van der Waals surface area contributed by atoms with Crippen molar-refractivity contribution >= 4 is 63.6 Å². The van der Waals surface area contributed by atoms with Gasteiger partial charge in [-0.05, 0) is 174 Å². The Morgan fingerprint density at radius 2 is 1.24 bits per heavy atom. The summed E-state index contributed by atoms with van der Waals surface area (Å²) in [5, 5.41) is 21.7. The van der Waals surface area contributed by atoms with Crippen LogP contribution in [0.3, 0.4) is 0 Å². The van der Waals surface area contributed by atoms with Gasteiger partial charge in [-0.15, -0.1) is 0 Å². The van der Waals surface area contributed by atoms with Crippen LogP contribution in [0.25, 0.3) is 0 Å². The van der Waals surface area contributed by atoms with Crippen LogP contribution < -0.4 is 57.7 Å². The predicted octanol–water partition coefficient (Wildman–Crippen LogP) is 4.57. The number of ether oxygens (including phenoxy) is 3. The lowest BCUT2D eigenvalue weighted by Crippen LogP contribution is -2.61. The van der Waals surface area contributed by atoms with Crippen LogP contribution in [0.2, 0.25) is 0 Å². The number of benzene rings is 2. The fraction of sp³-hybridized carbons (Fsp3) is 0.650. The van der Waals surface area contributed by atoms with Gasteiger partial charge in [0.25, 0.3) is 10.0 Å². The molecule has 0 unspecified atom stereocenters. The van der Waals surface area contributed by atoms with Gasteiger partial charge in [-0.25, -0.2) is 22.7 Å². The molecule has 2 aliphatic heterocycles. The number of nitrogens with two attached hydrogens (primary N) is 1. The normalized spacial score (nSPS) is 22.0. The van der Waals surface area contributed by atoms with Gasteiger partial charge in [0, 0.05) is 26.1 Å². The van der Waals surface area contributed by atoms with Gasteiger partial charge in [0.2, 0.25) is 41.4 Å². The molecular formula is C60H95N11O13S. The minimum Gasteiger partial charge on any atom is -0.487 e. The van der Waals surface area contributed by atoms with Gasteiger partial charge in [0.15, 0.2) is 0 Å². The van der Waals surface area contributed by atoms with Crippen molar-refractivity contribution in [2.75, 3.05) is 19.6 Å². The zero-order valence-electron chi connectivity index (χ0n) is 52.4. The maximum atomic E-state index is 14.6. The Morgan fingerprint density at radius 3 is 1.79 bits per heavy atom. The number of guanidine groups is 1. The second-order valence-electron chi connectivity index (χ2n) is 25.5. The number of carbonyl (C=O) groups excluding carboxylic acids is 8. The van der Waals surface area contributed by atoms with Gasteiger partial charge in [0.1, 0.15) is 58.8 Å². The zero-order chi connectivity index (χ0) is 63.8. The molecule has 8 amide bonds. The minimum absolute atomic E-state index is 0.00602. The third-order valence-electron chi connectivity index (χ3n) is 14.1. The number of aliphatic imine (C=N–C) groups is 1. The zero-order valence-corrected chi connectivity index (χ0v) is 53.3. The van der Waals surface area contributed by atoms with E-state index in [1.807, 2.05) is 48.5 Å². The van der Waals surface area contributed by atoms with E-state index >= 15 is 0 Å². The molecule has 11 N–H and O–H groups in total. The van der Waals surface area contributed by atoms with E-state index in [9.17, 15) is 46.8 Å². The number of hydrogen-bond acceptors (Lipinski definition) is 14. The van der Waals surface area contributed by atoms with Crippen LogP contribution in [-0.2, 0) is 61.1 Å². The quantitative estimate of drug-likeness (QED) is 0.0704. The molecule has 0 radical (unpaired) electrons. The highest BCUT2D eigenvalue weighted by Crippen LogP contribution is 2.42. The van der Waals surface area contributed by atoms with E-state index < -0.39 is 117 Å². The molecule has 474 valence electrons. The topological polar surface area (TPSA) is 345 Å². The van der Waals surface area contributed by atoms with Crippen LogP contribution in [0.1, 0.15) is 162 Å². The lowest BCUT2D eigenvalue weighted by atomic mass is 9.88. The maximum Gasteiger partial charge on any atom is 0.408 e. The van der Waals surface area contributed by atoms with E-state index in [0.29, 0.717) is 40.8 Å². The Morgan fingerprint density at radius 1 is 0.706 bits per heavy atom. The number of alkyl carbamates (subject to hydrolysis) is 2. The molecule has 6 atom stereocenters. The standard InChI is InChI=1S/C60H95N11O13S/c1-34(2)30-43-51(74)65-41(25-21-29-63-55(61)71-85(80,81)48-37(6)36(5)47-40(38(48)7)26-27-60(14,15)82-47)49(72)62-28-20-19-24-42(69-56(78)83-58(8,9)10)50(73)64-33-46(70-57(79)84-59(11,12)13)54(77)68-45(32-39-22-17-16-18-23-39)53(76)67-44(31-35(3)4)52(75)66-43/h16-18,22-23,34-35,41-46H,19-21,24-33H2,1-15H3,(H,62,72)(H,64,73)(H,65,74)(H,66,75)(H,67,76)(H,68,77)(H,69,78)(H,70,79)(H3,61,63,71)/t41-,42-,43-,44-,45-,46-/m0/s1. The van der Waals surface area contributed by atoms with Crippen molar-refractivity contribution in [3.63, 3.8) is 0 Å². The van der Waals surface area contributed by atoms with Crippen molar-refractivity contribution in [2.45, 2.75) is 226 Å².